The molecule has 6 heteroatoms. The van der Waals surface area contributed by atoms with Crippen LogP contribution in [0.5, 0.6) is 0 Å². The van der Waals surface area contributed by atoms with Gasteiger partial charge in [0.15, 0.2) is 0 Å². The van der Waals surface area contributed by atoms with Gasteiger partial charge in [0.25, 0.3) is 0 Å². The molecule has 1 N–H and O–H groups in total. The zero-order valence-corrected chi connectivity index (χ0v) is 11.4. The maximum atomic E-state index is 11.5. The molecular weight excluding hydrogens is 252 g/mol. The van der Waals surface area contributed by atoms with Crippen molar-refractivity contribution in [2.24, 2.45) is 5.92 Å². The molecule has 0 amide bonds. The lowest BCUT2D eigenvalue weighted by Gasteiger charge is -2.31. The van der Waals surface area contributed by atoms with Crippen LogP contribution in [0.1, 0.15) is 18.4 Å². The van der Waals surface area contributed by atoms with E-state index in [1.54, 1.807) is 4.31 Å². The van der Waals surface area contributed by atoms with Gasteiger partial charge in [0, 0.05) is 32.0 Å². The van der Waals surface area contributed by atoms with Crippen LogP contribution in [0.2, 0.25) is 0 Å². The number of aliphatic hydroxyl groups excluding tert-OH is 1. The number of sulfonamides is 1. The Labute approximate surface area is 108 Å². The van der Waals surface area contributed by atoms with Gasteiger partial charge in [-0.2, -0.15) is 0 Å². The smallest absolute Gasteiger partial charge is 0.211 e. The van der Waals surface area contributed by atoms with Crippen molar-refractivity contribution in [3.63, 3.8) is 0 Å². The van der Waals surface area contributed by atoms with Crippen LogP contribution in [0.25, 0.3) is 0 Å². The maximum Gasteiger partial charge on any atom is 0.211 e. The molecule has 0 aromatic carbocycles. The van der Waals surface area contributed by atoms with E-state index in [-0.39, 0.29) is 6.61 Å². The first kappa shape index (κ1) is 13.6. The quantitative estimate of drug-likeness (QED) is 0.875. The van der Waals surface area contributed by atoms with Gasteiger partial charge in [0.2, 0.25) is 10.0 Å². The first-order valence-corrected chi connectivity index (χ1v) is 8.04. The van der Waals surface area contributed by atoms with E-state index in [1.807, 2.05) is 23.0 Å². The summed E-state index contributed by atoms with van der Waals surface area (Å²) in [7, 11) is -3.07. The molecule has 5 nitrogen and oxygen atoms in total. The molecule has 1 aliphatic heterocycles. The van der Waals surface area contributed by atoms with Gasteiger partial charge in [-0.05, 0) is 30.4 Å². The van der Waals surface area contributed by atoms with Crippen molar-refractivity contribution in [3.05, 3.63) is 24.0 Å². The molecule has 2 rings (SSSR count). The monoisotopic (exact) mass is 272 g/mol. The summed E-state index contributed by atoms with van der Waals surface area (Å²) >= 11 is 0. The van der Waals surface area contributed by atoms with Crippen molar-refractivity contribution in [2.75, 3.05) is 19.3 Å². The number of aliphatic hydroxyl groups is 1. The average molecular weight is 272 g/mol. The highest BCUT2D eigenvalue weighted by molar-refractivity contribution is 7.88. The van der Waals surface area contributed by atoms with Crippen LogP contribution in [-0.2, 0) is 23.2 Å². The molecule has 1 atom stereocenters. The second kappa shape index (κ2) is 5.42. The number of hydrogen-bond donors (Lipinski definition) is 1. The van der Waals surface area contributed by atoms with E-state index in [2.05, 4.69) is 0 Å². The van der Waals surface area contributed by atoms with Crippen LogP contribution in [0, 0.1) is 5.92 Å². The van der Waals surface area contributed by atoms with Gasteiger partial charge in [-0.3, -0.25) is 0 Å². The summed E-state index contributed by atoms with van der Waals surface area (Å²) in [5.74, 6) is 0.354. The number of hydrogen-bond acceptors (Lipinski definition) is 3. The summed E-state index contributed by atoms with van der Waals surface area (Å²) in [5.41, 5.74) is 0.894. The van der Waals surface area contributed by atoms with Crippen LogP contribution < -0.4 is 0 Å². The predicted octanol–water partition coefficient (Wildman–Crippen LogP) is 0.652. The standard InChI is InChI=1S/C12H20N2O3S/c1-18(16,17)14-5-2-3-11(9-14)7-13-6-4-12(8-13)10-15/h4,6,8,11,15H,2-3,5,7,9-10H2,1H3. The molecule has 1 unspecified atom stereocenters. The Morgan fingerprint density at radius 1 is 1.50 bits per heavy atom. The minimum atomic E-state index is -3.07. The van der Waals surface area contributed by atoms with E-state index < -0.39 is 10.0 Å². The van der Waals surface area contributed by atoms with Gasteiger partial charge >= 0.3 is 0 Å². The number of nitrogens with zero attached hydrogens (tertiary/aromatic N) is 2. The predicted molar refractivity (Wildman–Crippen MR) is 69.5 cm³/mol. The van der Waals surface area contributed by atoms with Crippen LogP contribution in [0.3, 0.4) is 0 Å². The first-order chi connectivity index (χ1) is 8.49. The molecule has 18 heavy (non-hydrogen) atoms. The lowest BCUT2D eigenvalue weighted by molar-refractivity contribution is 0.246. The average Bonchev–Trinajstić information content (AvgIpc) is 2.76. The third-order valence-electron chi connectivity index (χ3n) is 3.41. The third kappa shape index (κ3) is 3.34. The lowest BCUT2D eigenvalue weighted by Crippen LogP contribution is -2.40. The number of aromatic nitrogens is 1. The fourth-order valence-electron chi connectivity index (χ4n) is 2.47. The van der Waals surface area contributed by atoms with E-state index >= 15 is 0 Å². The Bertz CT molecular complexity index is 495. The summed E-state index contributed by atoms with van der Waals surface area (Å²) in [6, 6.07) is 1.89. The van der Waals surface area contributed by atoms with Crippen LogP contribution >= 0.6 is 0 Å². The van der Waals surface area contributed by atoms with E-state index in [0.717, 1.165) is 24.9 Å². The highest BCUT2D eigenvalue weighted by Crippen LogP contribution is 2.20. The van der Waals surface area contributed by atoms with Crippen LogP contribution in [-0.4, -0.2) is 41.7 Å². The highest BCUT2D eigenvalue weighted by Gasteiger charge is 2.25. The second-order valence-electron chi connectivity index (χ2n) is 5.00. The molecule has 1 fully saturated rings. The number of rotatable bonds is 4. The maximum absolute atomic E-state index is 11.5. The second-order valence-corrected chi connectivity index (χ2v) is 6.99. The molecule has 1 aromatic heterocycles. The van der Waals surface area contributed by atoms with Gasteiger partial charge in [0.1, 0.15) is 0 Å². The third-order valence-corrected chi connectivity index (χ3v) is 4.68. The minimum Gasteiger partial charge on any atom is -0.392 e. The van der Waals surface area contributed by atoms with Crippen molar-refractivity contribution >= 4 is 10.0 Å². The topological polar surface area (TPSA) is 62.5 Å². The number of piperidine rings is 1. The molecule has 0 spiro atoms. The van der Waals surface area contributed by atoms with Crippen LogP contribution in [0.15, 0.2) is 18.5 Å². The molecule has 1 aliphatic rings. The van der Waals surface area contributed by atoms with Crippen molar-refractivity contribution < 1.29 is 13.5 Å². The molecule has 102 valence electrons. The Hall–Kier alpha value is -0.850. The molecule has 0 aliphatic carbocycles. The normalized spacial score (nSPS) is 22.2. The Morgan fingerprint density at radius 3 is 2.89 bits per heavy atom. The van der Waals surface area contributed by atoms with Crippen molar-refractivity contribution in [1.29, 1.82) is 0 Å². The summed E-state index contributed by atoms with van der Waals surface area (Å²) in [4.78, 5) is 0. The molecule has 0 bridgehead atoms. The fraction of sp³-hybridized carbons (Fsp3) is 0.667. The van der Waals surface area contributed by atoms with Crippen molar-refractivity contribution in [3.8, 4) is 0 Å². The van der Waals surface area contributed by atoms with E-state index in [0.29, 0.717) is 19.0 Å². The molecule has 2 heterocycles. The van der Waals surface area contributed by atoms with Gasteiger partial charge in [-0.1, -0.05) is 0 Å². The van der Waals surface area contributed by atoms with E-state index in [1.165, 1.54) is 6.26 Å². The molecule has 0 radical (unpaired) electrons. The van der Waals surface area contributed by atoms with E-state index in [4.69, 9.17) is 5.11 Å². The summed E-state index contributed by atoms with van der Waals surface area (Å²) in [6.07, 6.45) is 7.10. The van der Waals surface area contributed by atoms with Gasteiger partial charge < -0.3 is 9.67 Å². The Kier molecular flexibility index (Phi) is 4.09. The molecular formula is C12H20N2O3S. The largest absolute Gasteiger partial charge is 0.392 e. The molecule has 1 saturated heterocycles. The SMILES string of the molecule is CS(=O)(=O)N1CCCC(Cn2ccc(CO)c2)C1. The zero-order chi connectivity index (χ0) is 13.2. The van der Waals surface area contributed by atoms with Crippen LogP contribution in [0.4, 0.5) is 0 Å². The molecule has 0 saturated carbocycles. The zero-order valence-electron chi connectivity index (χ0n) is 10.6. The molecule has 1 aromatic rings. The summed E-state index contributed by atoms with van der Waals surface area (Å²) in [6.45, 7) is 2.10. The Balaban J connectivity index is 1.97. The van der Waals surface area contributed by atoms with Gasteiger partial charge in [0.05, 0.1) is 12.9 Å². The van der Waals surface area contributed by atoms with Gasteiger partial charge in [-0.15, -0.1) is 0 Å². The minimum absolute atomic E-state index is 0.0487. The summed E-state index contributed by atoms with van der Waals surface area (Å²) < 4.78 is 26.6. The fourth-order valence-corrected chi connectivity index (χ4v) is 3.42. The Morgan fingerprint density at radius 2 is 2.28 bits per heavy atom. The van der Waals surface area contributed by atoms with Crippen molar-refractivity contribution in [2.45, 2.75) is 26.0 Å². The van der Waals surface area contributed by atoms with E-state index in [9.17, 15) is 8.42 Å². The van der Waals surface area contributed by atoms with Gasteiger partial charge in [-0.25, -0.2) is 12.7 Å². The summed E-state index contributed by atoms with van der Waals surface area (Å²) in [5, 5.41) is 9.00. The highest BCUT2D eigenvalue weighted by atomic mass is 32.2. The first-order valence-electron chi connectivity index (χ1n) is 6.19. The lowest BCUT2D eigenvalue weighted by atomic mass is 10.00. The van der Waals surface area contributed by atoms with Crippen molar-refractivity contribution in [1.82, 2.24) is 8.87 Å².